The molecule has 0 atom stereocenters. The van der Waals surface area contributed by atoms with E-state index in [0.29, 0.717) is 5.70 Å². The summed E-state index contributed by atoms with van der Waals surface area (Å²) in [6, 6.07) is 9.92. The third-order valence-electron chi connectivity index (χ3n) is 2.01. The fraction of sp³-hybridized carbons (Fsp3) is 0. The fourth-order valence-electron chi connectivity index (χ4n) is 1.30. The molecule has 0 saturated heterocycles. The number of nitriles is 1. The molecule has 2 aromatic rings. The number of hydrogen-bond acceptors (Lipinski definition) is 3. The topological polar surface area (TPSA) is 49.8 Å². The third-order valence-corrected chi connectivity index (χ3v) is 2.90. The predicted octanol–water partition coefficient (Wildman–Crippen LogP) is 2.72. The molecule has 0 saturated carbocycles. The van der Waals surface area contributed by atoms with Gasteiger partial charge in [0.15, 0.2) is 0 Å². The molecule has 0 unspecified atom stereocenters. The number of fused-ring (bicyclic) bond motifs is 1. The summed E-state index contributed by atoms with van der Waals surface area (Å²) in [6.07, 6.45) is 1.35. The molecular formula is C11H8N2S. The van der Waals surface area contributed by atoms with Crippen LogP contribution < -0.4 is 5.73 Å². The van der Waals surface area contributed by atoms with Crippen molar-refractivity contribution >= 4 is 27.1 Å². The van der Waals surface area contributed by atoms with Gasteiger partial charge in [-0.25, -0.2) is 0 Å². The smallest absolute Gasteiger partial charge is 0.0933 e. The van der Waals surface area contributed by atoms with Gasteiger partial charge in [-0.15, -0.1) is 11.3 Å². The fourth-order valence-corrected chi connectivity index (χ4v) is 2.07. The lowest BCUT2D eigenvalue weighted by atomic mass is 10.1. The summed E-state index contributed by atoms with van der Waals surface area (Å²) in [7, 11) is 0. The van der Waals surface area contributed by atoms with Crippen LogP contribution in [0.1, 0.15) is 5.56 Å². The third kappa shape index (κ3) is 1.48. The minimum absolute atomic E-state index is 0.514. The molecule has 0 fully saturated rings. The maximum atomic E-state index is 8.47. The summed E-state index contributed by atoms with van der Waals surface area (Å²) in [5, 5.41) is 11.7. The van der Waals surface area contributed by atoms with E-state index in [9.17, 15) is 0 Å². The molecule has 0 aliphatic rings. The molecule has 14 heavy (non-hydrogen) atoms. The van der Waals surface area contributed by atoms with Crippen LogP contribution in [-0.4, -0.2) is 0 Å². The number of nitrogens with zero attached hydrogens (tertiary/aromatic N) is 1. The molecule has 0 aliphatic carbocycles. The van der Waals surface area contributed by atoms with Gasteiger partial charge in [0, 0.05) is 16.5 Å². The monoisotopic (exact) mass is 200 g/mol. The molecule has 1 aromatic heterocycles. The summed E-state index contributed by atoms with van der Waals surface area (Å²) in [5.41, 5.74) is 7.12. The molecule has 0 bridgehead atoms. The minimum Gasteiger partial charge on any atom is -0.398 e. The van der Waals surface area contributed by atoms with E-state index in [4.69, 9.17) is 11.0 Å². The largest absolute Gasteiger partial charge is 0.398 e. The van der Waals surface area contributed by atoms with E-state index >= 15 is 0 Å². The van der Waals surface area contributed by atoms with Crippen LogP contribution in [0.5, 0.6) is 0 Å². The number of nitrogens with two attached hydrogens (primary N) is 1. The molecule has 2 N–H and O–H groups in total. The Morgan fingerprint density at radius 2 is 2.29 bits per heavy atom. The Balaban J connectivity index is 2.55. The van der Waals surface area contributed by atoms with Gasteiger partial charge in [0.05, 0.1) is 6.07 Å². The van der Waals surface area contributed by atoms with Crippen LogP contribution in [-0.2, 0) is 0 Å². The second-order valence-electron chi connectivity index (χ2n) is 2.90. The van der Waals surface area contributed by atoms with Crippen molar-refractivity contribution in [3.05, 3.63) is 41.3 Å². The average Bonchev–Trinajstić information content (AvgIpc) is 2.64. The highest BCUT2D eigenvalue weighted by atomic mass is 32.1. The summed E-state index contributed by atoms with van der Waals surface area (Å²) >= 11 is 1.70. The molecule has 68 valence electrons. The highest BCUT2D eigenvalue weighted by Crippen LogP contribution is 2.23. The normalized spacial score (nSPS) is 11.5. The van der Waals surface area contributed by atoms with Crippen LogP contribution in [0.4, 0.5) is 0 Å². The first-order valence-corrected chi connectivity index (χ1v) is 5.02. The molecular weight excluding hydrogens is 192 g/mol. The zero-order chi connectivity index (χ0) is 9.97. The van der Waals surface area contributed by atoms with E-state index in [2.05, 4.69) is 0 Å². The SMILES string of the molecule is N#C/C=C(/N)c1ccc2sccc2c1. The molecule has 3 heteroatoms. The van der Waals surface area contributed by atoms with Crippen molar-refractivity contribution in [1.82, 2.24) is 0 Å². The van der Waals surface area contributed by atoms with E-state index in [1.54, 1.807) is 11.3 Å². The molecule has 1 aromatic carbocycles. The van der Waals surface area contributed by atoms with Gasteiger partial charge in [-0.1, -0.05) is 6.07 Å². The first kappa shape index (κ1) is 8.79. The van der Waals surface area contributed by atoms with Crippen LogP contribution in [0.3, 0.4) is 0 Å². The molecule has 0 spiro atoms. The van der Waals surface area contributed by atoms with Crippen molar-refractivity contribution in [3.63, 3.8) is 0 Å². The number of hydrogen-bond donors (Lipinski definition) is 1. The Morgan fingerprint density at radius 1 is 1.43 bits per heavy atom. The molecule has 0 amide bonds. The zero-order valence-electron chi connectivity index (χ0n) is 7.40. The van der Waals surface area contributed by atoms with Crippen molar-refractivity contribution in [2.75, 3.05) is 0 Å². The summed E-state index contributed by atoms with van der Waals surface area (Å²) in [6.45, 7) is 0. The van der Waals surface area contributed by atoms with Crippen molar-refractivity contribution in [2.24, 2.45) is 5.73 Å². The lowest BCUT2D eigenvalue weighted by molar-refractivity contribution is 1.50. The number of thiophene rings is 1. The summed E-state index contributed by atoms with van der Waals surface area (Å²) < 4.78 is 1.23. The Bertz CT molecular complexity index is 531. The van der Waals surface area contributed by atoms with Crippen LogP contribution in [0.25, 0.3) is 15.8 Å². The second kappa shape index (κ2) is 3.52. The van der Waals surface area contributed by atoms with Crippen molar-refractivity contribution in [3.8, 4) is 6.07 Å². The van der Waals surface area contributed by atoms with E-state index in [1.807, 2.05) is 35.7 Å². The van der Waals surface area contributed by atoms with Gasteiger partial charge in [0.2, 0.25) is 0 Å². The lowest BCUT2D eigenvalue weighted by Gasteiger charge is -1.99. The Hall–Kier alpha value is -1.79. The van der Waals surface area contributed by atoms with Gasteiger partial charge in [0.1, 0.15) is 0 Å². The average molecular weight is 200 g/mol. The van der Waals surface area contributed by atoms with Gasteiger partial charge < -0.3 is 5.73 Å². The first-order chi connectivity index (χ1) is 6.81. The quantitative estimate of drug-likeness (QED) is 0.719. The maximum absolute atomic E-state index is 8.47. The van der Waals surface area contributed by atoms with E-state index in [-0.39, 0.29) is 0 Å². The first-order valence-electron chi connectivity index (χ1n) is 4.14. The van der Waals surface area contributed by atoms with Crippen molar-refractivity contribution in [2.45, 2.75) is 0 Å². The summed E-state index contributed by atoms with van der Waals surface area (Å²) in [5.74, 6) is 0. The van der Waals surface area contributed by atoms with Gasteiger partial charge in [-0.2, -0.15) is 5.26 Å². The van der Waals surface area contributed by atoms with Crippen molar-refractivity contribution < 1.29 is 0 Å². The number of rotatable bonds is 1. The van der Waals surface area contributed by atoms with Gasteiger partial charge in [-0.05, 0) is 34.5 Å². The molecule has 1 heterocycles. The second-order valence-corrected chi connectivity index (χ2v) is 3.85. The van der Waals surface area contributed by atoms with Crippen LogP contribution in [0, 0.1) is 11.3 Å². The van der Waals surface area contributed by atoms with Gasteiger partial charge in [0.25, 0.3) is 0 Å². The minimum atomic E-state index is 0.514. The zero-order valence-corrected chi connectivity index (χ0v) is 8.21. The van der Waals surface area contributed by atoms with E-state index in [1.165, 1.54) is 16.2 Å². The van der Waals surface area contributed by atoms with Crippen molar-refractivity contribution in [1.29, 1.82) is 5.26 Å². The number of allylic oxidation sites excluding steroid dienone is 1. The Morgan fingerprint density at radius 3 is 3.07 bits per heavy atom. The highest BCUT2D eigenvalue weighted by Gasteiger charge is 1.99. The Labute approximate surface area is 85.9 Å². The number of benzene rings is 1. The van der Waals surface area contributed by atoms with Crippen LogP contribution >= 0.6 is 11.3 Å². The Kier molecular flexibility index (Phi) is 2.21. The lowest BCUT2D eigenvalue weighted by Crippen LogP contribution is -1.94. The standard InChI is InChI=1S/C11H8N2S/c12-5-3-10(13)8-1-2-11-9(7-8)4-6-14-11/h1-4,6-7H,13H2/b10-3+. The molecule has 0 radical (unpaired) electrons. The predicted molar refractivity (Wildman–Crippen MR) is 59.6 cm³/mol. The molecule has 2 nitrogen and oxygen atoms in total. The highest BCUT2D eigenvalue weighted by molar-refractivity contribution is 7.17. The van der Waals surface area contributed by atoms with Gasteiger partial charge in [-0.3, -0.25) is 0 Å². The van der Waals surface area contributed by atoms with E-state index < -0.39 is 0 Å². The molecule has 2 rings (SSSR count). The van der Waals surface area contributed by atoms with Gasteiger partial charge >= 0.3 is 0 Å². The van der Waals surface area contributed by atoms with Crippen LogP contribution in [0.2, 0.25) is 0 Å². The van der Waals surface area contributed by atoms with Crippen LogP contribution in [0.15, 0.2) is 35.7 Å². The summed E-state index contributed by atoms with van der Waals surface area (Å²) in [4.78, 5) is 0. The van der Waals surface area contributed by atoms with E-state index in [0.717, 1.165) is 5.56 Å². The maximum Gasteiger partial charge on any atom is 0.0933 e. The molecule has 0 aliphatic heterocycles.